The third kappa shape index (κ3) is 4.08. The normalized spacial score (nSPS) is 21.7. The molecule has 0 spiro atoms. The van der Waals surface area contributed by atoms with E-state index < -0.39 is 0 Å². The van der Waals surface area contributed by atoms with Crippen LogP contribution >= 0.6 is 0 Å². The second-order valence-electron chi connectivity index (χ2n) is 8.16. The summed E-state index contributed by atoms with van der Waals surface area (Å²) < 4.78 is 0. The molecule has 0 unspecified atom stereocenters. The first kappa shape index (κ1) is 18.2. The summed E-state index contributed by atoms with van der Waals surface area (Å²) >= 11 is 0. The molecule has 2 aliphatic rings. The molecule has 0 saturated carbocycles. The van der Waals surface area contributed by atoms with Crippen molar-refractivity contribution in [2.24, 2.45) is 0 Å². The molecule has 144 valence electrons. The molecule has 2 saturated heterocycles. The molecule has 1 amide bonds. The molecule has 1 atom stereocenters. The summed E-state index contributed by atoms with van der Waals surface area (Å²) in [6.07, 6.45) is 6.36. The third-order valence-electron chi connectivity index (χ3n) is 6.04. The summed E-state index contributed by atoms with van der Waals surface area (Å²) in [5.74, 6) is 0.307. The average molecular weight is 367 g/mol. The van der Waals surface area contributed by atoms with Crippen molar-refractivity contribution in [2.45, 2.75) is 51.6 Å². The molecule has 1 N–H and O–H groups in total. The summed E-state index contributed by atoms with van der Waals surface area (Å²) in [6.45, 7) is 7.73. The second kappa shape index (κ2) is 7.85. The number of rotatable bonds is 4. The van der Waals surface area contributed by atoms with Crippen LogP contribution in [-0.4, -0.2) is 59.0 Å². The fourth-order valence-corrected chi connectivity index (χ4v) is 4.42. The summed E-state index contributed by atoms with van der Waals surface area (Å²) in [4.78, 5) is 21.5. The number of aromatic nitrogens is 1. The predicted molar refractivity (Wildman–Crippen MR) is 110 cm³/mol. The Balaban J connectivity index is 1.33. The number of nitrogens with one attached hydrogen (secondary N) is 1. The van der Waals surface area contributed by atoms with Crippen molar-refractivity contribution in [1.29, 1.82) is 0 Å². The zero-order valence-electron chi connectivity index (χ0n) is 16.4. The summed E-state index contributed by atoms with van der Waals surface area (Å²) in [7, 11) is 0. The Labute approximate surface area is 161 Å². The van der Waals surface area contributed by atoms with Crippen molar-refractivity contribution in [3.8, 4) is 0 Å². The minimum atomic E-state index is 0.307. The number of piperidine rings is 1. The maximum atomic E-state index is 12.5. The van der Waals surface area contributed by atoms with E-state index in [1.165, 1.54) is 16.6 Å². The van der Waals surface area contributed by atoms with Gasteiger partial charge in [0.15, 0.2) is 0 Å². The van der Waals surface area contributed by atoms with Crippen LogP contribution in [0.5, 0.6) is 0 Å². The number of aryl methyl sites for hydroxylation is 1. The Hall–Kier alpha value is -2.14. The van der Waals surface area contributed by atoms with E-state index in [0.717, 1.165) is 50.8 Å². The maximum Gasteiger partial charge on any atom is 0.236 e. The van der Waals surface area contributed by atoms with Crippen molar-refractivity contribution >= 4 is 22.5 Å². The quantitative estimate of drug-likeness (QED) is 0.901. The van der Waals surface area contributed by atoms with Crippen molar-refractivity contribution in [2.75, 3.05) is 31.5 Å². The summed E-state index contributed by atoms with van der Waals surface area (Å²) in [5, 5.41) is 4.92. The molecule has 2 aliphatic heterocycles. The number of pyridine rings is 1. The monoisotopic (exact) mass is 366 g/mol. The molecule has 3 heterocycles. The Morgan fingerprint density at radius 3 is 2.78 bits per heavy atom. The highest BCUT2D eigenvalue weighted by atomic mass is 16.2. The molecule has 5 nitrogen and oxygen atoms in total. The minimum Gasteiger partial charge on any atom is -0.382 e. The van der Waals surface area contributed by atoms with Crippen LogP contribution in [0, 0.1) is 6.92 Å². The summed E-state index contributed by atoms with van der Waals surface area (Å²) in [5.41, 5.74) is 3.39. The van der Waals surface area contributed by atoms with Crippen LogP contribution in [0.3, 0.4) is 0 Å². The third-order valence-corrected chi connectivity index (χ3v) is 6.04. The highest BCUT2D eigenvalue weighted by Crippen LogP contribution is 2.25. The van der Waals surface area contributed by atoms with Gasteiger partial charge in [0.25, 0.3) is 0 Å². The molecule has 0 bridgehead atoms. The van der Waals surface area contributed by atoms with Crippen molar-refractivity contribution in [3.63, 3.8) is 0 Å². The molecular formula is C22H30N4O. The van der Waals surface area contributed by atoms with Crippen LogP contribution in [0.1, 0.15) is 38.2 Å². The van der Waals surface area contributed by atoms with E-state index in [1.54, 1.807) is 0 Å². The van der Waals surface area contributed by atoms with E-state index in [-0.39, 0.29) is 0 Å². The van der Waals surface area contributed by atoms with E-state index in [1.807, 2.05) is 6.20 Å². The molecule has 5 heteroatoms. The van der Waals surface area contributed by atoms with Gasteiger partial charge in [0.2, 0.25) is 5.91 Å². The average Bonchev–Trinajstić information content (AvgIpc) is 3.10. The van der Waals surface area contributed by atoms with Gasteiger partial charge in [0.1, 0.15) is 0 Å². The van der Waals surface area contributed by atoms with Crippen LogP contribution in [0.25, 0.3) is 10.9 Å². The number of likely N-dealkylation sites (tertiary alicyclic amines) is 2. The van der Waals surface area contributed by atoms with Crippen LogP contribution < -0.4 is 5.32 Å². The lowest BCUT2D eigenvalue weighted by molar-refractivity contribution is -0.133. The standard InChI is InChI=1S/C22H30N4O/c1-16-13-19-20(23-14-16)6-3-7-21(19)24-18-8-11-25(12-9-18)15-22(27)26-10-4-5-17(26)2/h3,6-7,13-14,17-18,24H,4-5,8-12,15H2,1-2H3/t17-/m1/s1. The van der Waals surface area contributed by atoms with Crippen molar-refractivity contribution < 1.29 is 4.79 Å². The van der Waals surface area contributed by atoms with Gasteiger partial charge in [0.05, 0.1) is 12.1 Å². The number of carbonyl (C=O) groups is 1. The number of hydrogen-bond donors (Lipinski definition) is 1. The molecule has 0 aliphatic carbocycles. The highest BCUT2D eigenvalue weighted by molar-refractivity contribution is 5.91. The van der Waals surface area contributed by atoms with Gasteiger partial charge in [-0.15, -0.1) is 0 Å². The Kier molecular flexibility index (Phi) is 5.30. The Morgan fingerprint density at radius 2 is 2.04 bits per heavy atom. The zero-order chi connectivity index (χ0) is 18.8. The zero-order valence-corrected chi connectivity index (χ0v) is 16.4. The van der Waals surface area contributed by atoms with Crippen LogP contribution in [0.15, 0.2) is 30.5 Å². The molecular weight excluding hydrogens is 336 g/mol. The van der Waals surface area contributed by atoms with Gasteiger partial charge in [-0.1, -0.05) is 6.07 Å². The fourth-order valence-electron chi connectivity index (χ4n) is 4.42. The number of carbonyl (C=O) groups excluding carboxylic acids is 1. The number of anilines is 1. The number of nitrogens with zero attached hydrogens (tertiary/aromatic N) is 3. The molecule has 4 rings (SSSR count). The smallest absolute Gasteiger partial charge is 0.236 e. The molecule has 1 aromatic heterocycles. The van der Waals surface area contributed by atoms with Gasteiger partial charge in [-0.3, -0.25) is 14.7 Å². The lowest BCUT2D eigenvalue weighted by Gasteiger charge is -2.34. The first-order chi connectivity index (χ1) is 13.1. The van der Waals surface area contributed by atoms with Gasteiger partial charge in [-0.25, -0.2) is 0 Å². The minimum absolute atomic E-state index is 0.307. The highest BCUT2D eigenvalue weighted by Gasteiger charge is 2.28. The topological polar surface area (TPSA) is 48.5 Å². The van der Waals surface area contributed by atoms with Gasteiger partial charge < -0.3 is 10.2 Å². The molecule has 2 aromatic rings. The van der Waals surface area contributed by atoms with E-state index in [2.05, 4.69) is 58.2 Å². The van der Waals surface area contributed by atoms with E-state index >= 15 is 0 Å². The summed E-state index contributed by atoms with van der Waals surface area (Å²) in [6, 6.07) is 9.35. The number of hydrogen-bond acceptors (Lipinski definition) is 4. The maximum absolute atomic E-state index is 12.5. The second-order valence-corrected chi connectivity index (χ2v) is 8.16. The molecule has 2 fully saturated rings. The lowest BCUT2D eigenvalue weighted by atomic mass is 10.0. The molecule has 27 heavy (non-hydrogen) atoms. The Bertz CT molecular complexity index is 813. The van der Waals surface area contributed by atoms with E-state index in [9.17, 15) is 4.79 Å². The number of fused-ring (bicyclic) bond motifs is 1. The number of amides is 1. The van der Waals surface area contributed by atoms with Crippen LogP contribution in [-0.2, 0) is 4.79 Å². The SMILES string of the molecule is Cc1cnc2cccc(NC3CCN(CC(=O)N4CCC[C@H]4C)CC3)c2c1. The van der Waals surface area contributed by atoms with Crippen LogP contribution in [0.2, 0.25) is 0 Å². The van der Waals surface area contributed by atoms with Gasteiger partial charge in [0, 0.05) is 49.0 Å². The van der Waals surface area contributed by atoms with Crippen LogP contribution in [0.4, 0.5) is 5.69 Å². The first-order valence-electron chi connectivity index (χ1n) is 10.2. The van der Waals surface area contributed by atoms with E-state index in [0.29, 0.717) is 24.5 Å². The van der Waals surface area contributed by atoms with Crippen molar-refractivity contribution in [3.05, 3.63) is 36.0 Å². The van der Waals surface area contributed by atoms with Gasteiger partial charge >= 0.3 is 0 Å². The largest absolute Gasteiger partial charge is 0.382 e. The van der Waals surface area contributed by atoms with E-state index in [4.69, 9.17) is 0 Å². The Morgan fingerprint density at radius 1 is 1.22 bits per heavy atom. The lowest BCUT2D eigenvalue weighted by Crippen LogP contribution is -2.46. The molecule has 1 aromatic carbocycles. The predicted octanol–water partition coefficient (Wildman–Crippen LogP) is 3.43. The van der Waals surface area contributed by atoms with Gasteiger partial charge in [-0.2, -0.15) is 0 Å². The fraction of sp³-hybridized carbons (Fsp3) is 0.545. The molecule has 0 radical (unpaired) electrons. The van der Waals surface area contributed by atoms with Crippen molar-refractivity contribution in [1.82, 2.24) is 14.8 Å². The first-order valence-corrected chi connectivity index (χ1v) is 10.2. The van der Waals surface area contributed by atoms with Gasteiger partial charge in [-0.05, 0) is 63.3 Å². The number of benzene rings is 1.